The smallest absolute Gasteiger partial charge is 0.310 e. The van der Waals surface area contributed by atoms with Gasteiger partial charge in [0.2, 0.25) is 0 Å². The van der Waals surface area contributed by atoms with E-state index in [1.165, 1.54) is 27.7 Å². The number of ether oxygens (including phenoxy) is 6. The summed E-state index contributed by atoms with van der Waals surface area (Å²) in [6.07, 6.45) is 11.3. The predicted octanol–water partition coefficient (Wildman–Crippen LogP) is 5.89. The SMILES string of the molecule is CC(=O)Oc1ccc(C[N+]2(C)C3CCC2CC(OC(=O)C2C4C=CC(C4)C2C(=O)OC2CC4CCC(C2)[N+]4(C)Cc2ccc(OC(C)=O)c(OC(C)=O)c2)C3)cc1OC(C)=O. The van der Waals surface area contributed by atoms with E-state index in [1.54, 1.807) is 24.3 Å². The minimum atomic E-state index is -0.568. The van der Waals surface area contributed by atoms with Gasteiger partial charge in [-0.25, -0.2) is 0 Å². The minimum Gasteiger partial charge on any atom is -0.462 e. The number of allylic oxidation sites excluding steroid dienone is 2. The van der Waals surface area contributed by atoms with Crippen LogP contribution in [-0.2, 0) is 51.3 Å². The molecule has 8 unspecified atom stereocenters. The Morgan fingerprint density at radius 3 is 1.15 bits per heavy atom. The van der Waals surface area contributed by atoms with Gasteiger partial charge in [-0.2, -0.15) is 0 Å². The van der Waals surface area contributed by atoms with Gasteiger partial charge in [-0.15, -0.1) is 0 Å². The Morgan fingerprint density at radius 1 is 0.492 bits per heavy atom. The van der Waals surface area contributed by atoms with Gasteiger partial charge in [0, 0.05) is 90.2 Å². The van der Waals surface area contributed by atoms with Crippen molar-refractivity contribution in [2.75, 3.05) is 14.1 Å². The first-order valence-corrected chi connectivity index (χ1v) is 21.8. The van der Waals surface area contributed by atoms with Crippen molar-refractivity contribution in [1.82, 2.24) is 0 Å². The molecule has 0 radical (unpaired) electrons. The van der Waals surface area contributed by atoms with Gasteiger partial charge in [0.15, 0.2) is 23.0 Å². The second-order valence-corrected chi connectivity index (χ2v) is 18.8. The monoisotopic (exact) mass is 842 g/mol. The highest BCUT2D eigenvalue weighted by Gasteiger charge is 2.58. The van der Waals surface area contributed by atoms with Crippen molar-refractivity contribution in [3.63, 3.8) is 0 Å². The van der Waals surface area contributed by atoms with Gasteiger partial charge in [-0.05, 0) is 54.7 Å². The fourth-order valence-electron chi connectivity index (χ4n) is 12.1. The van der Waals surface area contributed by atoms with Gasteiger partial charge in [0.05, 0.1) is 50.1 Å². The summed E-state index contributed by atoms with van der Waals surface area (Å²) in [4.78, 5) is 75.3. The molecule has 14 nitrogen and oxygen atoms in total. The summed E-state index contributed by atoms with van der Waals surface area (Å²) in [5.74, 6) is -3.03. The molecule has 6 bridgehead atoms. The van der Waals surface area contributed by atoms with E-state index in [0.717, 1.165) is 77.9 Å². The number of piperidine rings is 2. The van der Waals surface area contributed by atoms with E-state index in [2.05, 4.69) is 26.2 Å². The van der Waals surface area contributed by atoms with Crippen LogP contribution in [-0.4, -0.2) is 95.3 Å². The zero-order chi connectivity index (χ0) is 43.4. The third-order valence-corrected chi connectivity index (χ3v) is 14.8. The number of nitrogens with zero attached hydrogens (tertiary/aromatic N) is 2. The molecule has 2 aliphatic carbocycles. The van der Waals surface area contributed by atoms with Crippen molar-refractivity contribution in [3.8, 4) is 23.0 Å². The van der Waals surface area contributed by atoms with Crippen molar-refractivity contribution in [1.29, 1.82) is 0 Å². The molecule has 0 amide bonds. The van der Waals surface area contributed by atoms with Crippen molar-refractivity contribution in [2.45, 2.75) is 135 Å². The van der Waals surface area contributed by atoms with Gasteiger partial charge >= 0.3 is 35.8 Å². The molecule has 0 aromatic heterocycles. The van der Waals surface area contributed by atoms with Crippen LogP contribution in [0.5, 0.6) is 23.0 Å². The van der Waals surface area contributed by atoms with E-state index >= 15 is 0 Å². The number of hydrogen-bond donors (Lipinski definition) is 0. The lowest BCUT2D eigenvalue weighted by Gasteiger charge is -2.47. The number of fused-ring (bicyclic) bond motifs is 6. The van der Waals surface area contributed by atoms with Gasteiger partial charge in [0.25, 0.3) is 0 Å². The van der Waals surface area contributed by atoms with Crippen molar-refractivity contribution < 1.29 is 66.2 Å². The Morgan fingerprint density at radius 2 is 0.820 bits per heavy atom. The molecule has 8 atom stereocenters. The summed E-state index contributed by atoms with van der Waals surface area (Å²) in [7, 11) is 4.48. The number of carbonyl (C=O) groups is 6. The van der Waals surface area contributed by atoms with Crippen LogP contribution in [0.3, 0.4) is 0 Å². The van der Waals surface area contributed by atoms with Gasteiger partial charge in [-0.3, -0.25) is 28.8 Å². The first-order valence-electron chi connectivity index (χ1n) is 21.8. The summed E-state index contributed by atoms with van der Waals surface area (Å²) in [6.45, 7) is 6.58. The van der Waals surface area contributed by atoms with Crippen LogP contribution in [0, 0.1) is 23.7 Å². The first kappa shape index (κ1) is 42.6. The van der Waals surface area contributed by atoms with Gasteiger partial charge < -0.3 is 37.4 Å². The molecule has 61 heavy (non-hydrogen) atoms. The molecule has 8 rings (SSSR count). The lowest BCUT2D eigenvalue weighted by molar-refractivity contribution is -0.961. The van der Waals surface area contributed by atoms with E-state index in [1.807, 2.05) is 12.1 Å². The third kappa shape index (κ3) is 8.58. The van der Waals surface area contributed by atoms with Crippen LogP contribution in [0.15, 0.2) is 48.6 Å². The van der Waals surface area contributed by atoms with Crippen molar-refractivity contribution in [2.24, 2.45) is 23.7 Å². The molecule has 2 aromatic rings. The molecular weight excluding hydrogens is 785 g/mol. The number of hydrogen-bond acceptors (Lipinski definition) is 12. The second-order valence-electron chi connectivity index (χ2n) is 18.8. The maximum atomic E-state index is 14.2. The molecular formula is C47H58N2O12+2. The average Bonchev–Trinajstić information content (AvgIpc) is 3.84. The summed E-state index contributed by atoms with van der Waals surface area (Å²) < 4.78 is 35.6. The fourth-order valence-corrected chi connectivity index (χ4v) is 12.1. The van der Waals surface area contributed by atoms with E-state index in [9.17, 15) is 28.8 Å². The lowest BCUT2D eigenvalue weighted by atomic mass is 9.82. The summed E-state index contributed by atoms with van der Waals surface area (Å²) in [5, 5.41) is 0. The fraction of sp³-hybridized carbons (Fsp3) is 0.574. The van der Waals surface area contributed by atoms with Gasteiger partial charge in [-0.1, -0.05) is 12.2 Å². The van der Waals surface area contributed by atoms with Crippen LogP contribution in [0.1, 0.15) is 96.6 Å². The maximum absolute atomic E-state index is 14.2. The van der Waals surface area contributed by atoms with Gasteiger partial charge in [0.1, 0.15) is 25.3 Å². The summed E-state index contributed by atoms with van der Waals surface area (Å²) in [6, 6.07) is 11.7. The standard InChI is InChI=1S/C47H58N2O12/c1-26(50)56-40-15-7-30(17-42(40)58-28(3)52)24-48(5)34-11-12-35(48)21-38(20-34)60-46(54)44-32-9-10-33(19-32)45(44)47(55)61-39-22-36-13-14-37(23-39)49(36,6)25-31-8-16-41(57-27(2)51)43(18-31)59-29(4)53/h7-10,15-18,32-39,44-45H,11-14,19-25H2,1-6H3/q+2. The number of quaternary nitrogens is 2. The zero-order valence-electron chi connectivity index (χ0n) is 36.0. The van der Waals surface area contributed by atoms with Crippen molar-refractivity contribution in [3.05, 3.63) is 59.7 Å². The Kier molecular flexibility index (Phi) is 11.6. The van der Waals surface area contributed by atoms with Crippen LogP contribution < -0.4 is 18.9 Å². The Labute approximate surface area is 356 Å². The molecule has 4 heterocycles. The number of carbonyl (C=O) groups excluding carboxylic acids is 6. The molecule has 14 heteroatoms. The second kappa shape index (κ2) is 16.7. The van der Waals surface area contributed by atoms with Crippen LogP contribution in [0.2, 0.25) is 0 Å². The number of rotatable bonds is 12. The normalized spacial score (nSPS) is 34.1. The highest BCUT2D eigenvalue weighted by molar-refractivity contribution is 5.85. The first-order chi connectivity index (χ1) is 29.0. The molecule has 2 aromatic carbocycles. The zero-order valence-corrected chi connectivity index (χ0v) is 36.0. The van der Waals surface area contributed by atoms with Crippen molar-refractivity contribution >= 4 is 35.8 Å². The van der Waals surface area contributed by atoms with E-state index in [0.29, 0.717) is 13.1 Å². The van der Waals surface area contributed by atoms with Crippen LogP contribution >= 0.6 is 0 Å². The molecule has 4 aliphatic heterocycles. The summed E-state index contributed by atoms with van der Waals surface area (Å²) in [5.41, 5.74) is 1.91. The highest BCUT2D eigenvalue weighted by Crippen LogP contribution is 2.51. The molecule has 4 saturated heterocycles. The largest absolute Gasteiger partial charge is 0.462 e. The molecule has 0 spiro atoms. The highest BCUT2D eigenvalue weighted by atomic mass is 16.6. The van der Waals surface area contributed by atoms with E-state index < -0.39 is 35.7 Å². The number of benzene rings is 2. The summed E-state index contributed by atoms with van der Waals surface area (Å²) >= 11 is 0. The van der Waals surface area contributed by atoms with Crippen LogP contribution in [0.25, 0.3) is 0 Å². The topological polar surface area (TPSA) is 158 Å². The van der Waals surface area contributed by atoms with Crippen LogP contribution in [0.4, 0.5) is 0 Å². The van der Waals surface area contributed by atoms with E-state index in [-0.39, 0.29) is 83.1 Å². The maximum Gasteiger partial charge on any atom is 0.310 e. The third-order valence-electron chi connectivity index (χ3n) is 14.8. The molecule has 5 fully saturated rings. The molecule has 1 saturated carbocycles. The number of esters is 6. The Hall–Kier alpha value is -5.08. The Bertz CT molecular complexity index is 1970. The Balaban J connectivity index is 0.889. The predicted molar refractivity (Wildman–Crippen MR) is 217 cm³/mol. The van der Waals surface area contributed by atoms with E-state index in [4.69, 9.17) is 28.4 Å². The molecule has 0 N–H and O–H groups in total. The minimum absolute atomic E-state index is 0.0515. The quantitative estimate of drug-likeness (QED) is 0.108. The average molecular weight is 843 g/mol. The lowest BCUT2D eigenvalue weighted by Crippen LogP contribution is -2.58. The molecule has 6 aliphatic rings. The molecule has 326 valence electrons.